The van der Waals surface area contributed by atoms with E-state index in [1.807, 2.05) is 17.0 Å². The Morgan fingerprint density at radius 1 is 1.00 bits per heavy atom. The Morgan fingerprint density at radius 2 is 1.66 bits per heavy atom. The molecule has 0 unspecified atom stereocenters. The molecule has 29 heavy (non-hydrogen) atoms. The first kappa shape index (κ1) is 19.3. The van der Waals surface area contributed by atoms with Crippen molar-refractivity contribution in [2.45, 2.75) is 6.04 Å². The summed E-state index contributed by atoms with van der Waals surface area (Å²) in [5.74, 6) is 2.86. The number of nitrogens with zero attached hydrogens (tertiary/aromatic N) is 5. The van der Waals surface area contributed by atoms with Crippen molar-refractivity contribution < 1.29 is 14.3 Å². The molecule has 0 N–H and O–H groups in total. The first-order valence-electron chi connectivity index (χ1n) is 9.74. The van der Waals surface area contributed by atoms with Crippen LogP contribution in [0.5, 0.6) is 11.5 Å². The summed E-state index contributed by atoms with van der Waals surface area (Å²) in [6, 6.07) is 8.11. The Balaban J connectivity index is 1.60. The molecule has 0 aliphatic carbocycles. The van der Waals surface area contributed by atoms with Crippen LogP contribution in [0.4, 0.5) is 10.7 Å². The number of urea groups is 1. The minimum Gasteiger partial charge on any atom is -0.497 e. The zero-order chi connectivity index (χ0) is 20.5. The zero-order valence-electron chi connectivity index (χ0n) is 17.3. The van der Waals surface area contributed by atoms with Gasteiger partial charge >= 0.3 is 6.03 Å². The quantitative estimate of drug-likeness (QED) is 0.788. The van der Waals surface area contributed by atoms with Crippen LogP contribution in [0.15, 0.2) is 36.7 Å². The van der Waals surface area contributed by atoms with Crippen molar-refractivity contribution in [3.05, 3.63) is 42.2 Å². The molecule has 154 valence electrons. The van der Waals surface area contributed by atoms with Gasteiger partial charge in [0.05, 0.1) is 32.7 Å². The second-order valence-corrected chi connectivity index (χ2v) is 7.80. The molecule has 8 nitrogen and oxygen atoms in total. The summed E-state index contributed by atoms with van der Waals surface area (Å²) >= 11 is 0. The molecule has 2 aromatic rings. The number of anilines is 1. The maximum atomic E-state index is 12.9. The predicted octanol–water partition coefficient (Wildman–Crippen LogP) is 2.28. The van der Waals surface area contributed by atoms with Gasteiger partial charge in [-0.3, -0.25) is 0 Å². The molecule has 2 amide bonds. The summed E-state index contributed by atoms with van der Waals surface area (Å²) < 4.78 is 10.5. The van der Waals surface area contributed by atoms with Crippen LogP contribution in [0.3, 0.4) is 0 Å². The van der Waals surface area contributed by atoms with Crippen molar-refractivity contribution in [2.75, 3.05) is 52.8 Å². The van der Waals surface area contributed by atoms with Crippen molar-refractivity contribution in [2.24, 2.45) is 11.8 Å². The molecule has 3 heterocycles. The number of methoxy groups -OCH3 is 2. The molecule has 2 aliphatic rings. The van der Waals surface area contributed by atoms with E-state index in [0.29, 0.717) is 23.5 Å². The van der Waals surface area contributed by atoms with Crippen LogP contribution in [0, 0.1) is 11.8 Å². The van der Waals surface area contributed by atoms with E-state index in [2.05, 4.69) is 27.0 Å². The third kappa shape index (κ3) is 3.54. The molecule has 1 aromatic carbocycles. The van der Waals surface area contributed by atoms with Gasteiger partial charge in [-0.25, -0.2) is 14.8 Å². The van der Waals surface area contributed by atoms with Crippen LogP contribution in [0.25, 0.3) is 0 Å². The molecule has 0 spiro atoms. The second-order valence-electron chi connectivity index (χ2n) is 7.80. The van der Waals surface area contributed by atoms with Gasteiger partial charge in [-0.05, 0) is 17.7 Å². The van der Waals surface area contributed by atoms with Gasteiger partial charge < -0.3 is 24.2 Å². The van der Waals surface area contributed by atoms with Gasteiger partial charge in [0.15, 0.2) is 5.75 Å². The fraction of sp³-hybridized carbons (Fsp3) is 0.476. The van der Waals surface area contributed by atoms with Gasteiger partial charge in [0, 0.05) is 45.6 Å². The van der Waals surface area contributed by atoms with Crippen LogP contribution < -0.4 is 14.4 Å². The monoisotopic (exact) mass is 397 g/mol. The summed E-state index contributed by atoms with van der Waals surface area (Å²) in [5, 5.41) is 0. The summed E-state index contributed by atoms with van der Waals surface area (Å²) in [6.07, 6.45) is 3.39. The lowest BCUT2D eigenvalue weighted by Crippen LogP contribution is -2.41. The number of ether oxygens (including phenoxy) is 2. The number of aromatic nitrogens is 2. The Labute approximate surface area is 171 Å². The lowest BCUT2D eigenvalue weighted by atomic mass is 9.89. The molecule has 4 rings (SSSR count). The highest BCUT2D eigenvalue weighted by Gasteiger charge is 2.50. The van der Waals surface area contributed by atoms with Crippen molar-refractivity contribution in [1.82, 2.24) is 19.8 Å². The van der Waals surface area contributed by atoms with E-state index in [0.717, 1.165) is 30.9 Å². The first-order chi connectivity index (χ1) is 14.0. The SMILES string of the molecule is COc1ccc([C@H]2[C@@H]3CN(c4ncc(OC)cn4)C[C@@H]3CN2C(=O)N(C)C)cc1. The Kier molecular flexibility index (Phi) is 5.17. The van der Waals surface area contributed by atoms with Crippen LogP contribution in [0.1, 0.15) is 11.6 Å². The number of carbonyl (C=O) groups is 1. The number of hydrogen-bond acceptors (Lipinski definition) is 6. The third-order valence-electron chi connectivity index (χ3n) is 5.88. The van der Waals surface area contributed by atoms with E-state index in [9.17, 15) is 4.79 Å². The maximum absolute atomic E-state index is 12.9. The van der Waals surface area contributed by atoms with Gasteiger partial charge in [0.1, 0.15) is 5.75 Å². The Morgan fingerprint density at radius 3 is 2.24 bits per heavy atom. The molecular weight excluding hydrogens is 370 g/mol. The van der Waals surface area contributed by atoms with E-state index in [1.54, 1.807) is 45.6 Å². The highest BCUT2D eigenvalue weighted by molar-refractivity contribution is 5.75. The first-order valence-corrected chi connectivity index (χ1v) is 9.74. The number of rotatable bonds is 4. The molecular formula is C21H27N5O3. The van der Waals surface area contributed by atoms with Crippen molar-refractivity contribution in [1.29, 1.82) is 0 Å². The number of benzene rings is 1. The topological polar surface area (TPSA) is 71.0 Å². The predicted molar refractivity (Wildman–Crippen MR) is 109 cm³/mol. The number of amides is 2. The smallest absolute Gasteiger partial charge is 0.320 e. The normalized spacial score (nSPS) is 23.1. The van der Waals surface area contributed by atoms with Crippen LogP contribution in [0.2, 0.25) is 0 Å². The maximum Gasteiger partial charge on any atom is 0.320 e. The Hall–Kier alpha value is -3.03. The summed E-state index contributed by atoms with van der Waals surface area (Å²) in [5.41, 5.74) is 1.13. The van der Waals surface area contributed by atoms with E-state index in [-0.39, 0.29) is 12.1 Å². The van der Waals surface area contributed by atoms with Crippen molar-refractivity contribution in [3.63, 3.8) is 0 Å². The van der Waals surface area contributed by atoms with Crippen LogP contribution in [-0.4, -0.2) is 73.7 Å². The molecule has 0 bridgehead atoms. The van der Waals surface area contributed by atoms with E-state index in [4.69, 9.17) is 9.47 Å². The van der Waals surface area contributed by atoms with Gasteiger partial charge in [-0.15, -0.1) is 0 Å². The second kappa shape index (κ2) is 7.77. The molecule has 2 aliphatic heterocycles. The molecule has 2 fully saturated rings. The number of hydrogen-bond donors (Lipinski definition) is 0. The van der Waals surface area contributed by atoms with Crippen LogP contribution >= 0.6 is 0 Å². The zero-order valence-corrected chi connectivity index (χ0v) is 17.3. The van der Waals surface area contributed by atoms with Crippen molar-refractivity contribution >= 4 is 12.0 Å². The largest absolute Gasteiger partial charge is 0.497 e. The summed E-state index contributed by atoms with van der Waals surface area (Å²) in [7, 11) is 6.87. The highest BCUT2D eigenvalue weighted by atomic mass is 16.5. The number of carbonyl (C=O) groups excluding carboxylic acids is 1. The fourth-order valence-corrected chi connectivity index (χ4v) is 4.47. The van der Waals surface area contributed by atoms with E-state index in [1.165, 1.54) is 0 Å². The molecule has 8 heteroatoms. The average Bonchev–Trinajstić information content (AvgIpc) is 3.31. The summed E-state index contributed by atoms with van der Waals surface area (Å²) in [4.78, 5) is 27.6. The number of fused-ring (bicyclic) bond motifs is 1. The van der Waals surface area contributed by atoms with Gasteiger partial charge in [0.2, 0.25) is 5.95 Å². The van der Waals surface area contributed by atoms with Gasteiger partial charge in [-0.2, -0.15) is 0 Å². The lowest BCUT2D eigenvalue weighted by molar-refractivity contribution is 0.159. The van der Waals surface area contributed by atoms with Crippen molar-refractivity contribution in [3.8, 4) is 11.5 Å². The van der Waals surface area contributed by atoms with E-state index < -0.39 is 0 Å². The molecule has 2 saturated heterocycles. The summed E-state index contributed by atoms with van der Waals surface area (Å²) in [6.45, 7) is 2.37. The van der Waals surface area contributed by atoms with E-state index >= 15 is 0 Å². The minimum absolute atomic E-state index is 0.0176. The van der Waals surface area contributed by atoms with Crippen LogP contribution in [-0.2, 0) is 0 Å². The van der Waals surface area contributed by atoms with Gasteiger partial charge in [0.25, 0.3) is 0 Å². The number of likely N-dealkylation sites (tertiary alicyclic amines) is 1. The molecule has 3 atom stereocenters. The fourth-order valence-electron chi connectivity index (χ4n) is 4.47. The van der Waals surface area contributed by atoms with Gasteiger partial charge in [-0.1, -0.05) is 12.1 Å². The minimum atomic E-state index is 0.0176. The standard InChI is InChI=1S/C21H27N5O3/c1-24(2)21(27)26-12-15-11-25(20-22-9-17(29-4)10-23-20)13-18(15)19(26)14-5-7-16(28-3)8-6-14/h5-10,15,18-19H,11-13H2,1-4H3/t15-,18-,19+/m1/s1. The average molecular weight is 397 g/mol. The lowest BCUT2D eigenvalue weighted by Gasteiger charge is -2.32. The molecule has 0 radical (unpaired) electrons. The third-order valence-corrected chi connectivity index (χ3v) is 5.88. The highest BCUT2D eigenvalue weighted by Crippen LogP contribution is 2.46. The molecule has 0 saturated carbocycles. The Bertz CT molecular complexity index is 856. The molecule has 1 aromatic heterocycles.